The molecule has 0 amide bonds. The molecule has 1 unspecified atom stereocenters. The summed E-state index contributed by atoms with van der Waals surface area (Å²) in [6, 6.07) is 4.74. The Morgan fingerprint density at radius 1 is 1.20 bits per heavy atom. The van der Waals surface area contributed by atoms with Gasteiger partial charge in [-0.3, -0.25) is 4.98 Å². The second-order valence-corrected chi connectivity index (χ2v) is 5.49. The summed E-state index contributed by atoms with van der Waals surface area (Å²) in [5.41, 5.74) is 1.25. The van der Waals surface area contributed by atoms with Crippen LogP contribution in [0.3, 0.4) is 0 Å². The largest absolute Gasteiger partial charge is 0.379 e. The Bertz CT molecular complexity index is 478. The minimum Gasteiger partial charge on any atom is -0.379 e. The highest BCUT2D eigenvalue weighted by Crippen LogP contribution is 2.35. The van der Waals surface area contributed by atoms with E-state index < -0.39 is 0 Å². The lowest BCUT2D eigenvalue weighted by Crippen LogP contribution is -2.52. The van der Waals surface area contributed by atoms with Crippen molar-refractivity contribution in [1.82, 2.24) is 9.47 Å². The molecule has 1 atom stereocenters. The van der Waals surface area contributed by atoms with E-state index in [1.807, 2.05) is 18.6 Å². The van der Waals surface area contributed by atoms with Gasteiger partial charge in [-0.2, -0.15) is 0 Å². The first-order valence-electron chi connectivity index (χ1n) is 7.47. The SMILES string of the molecule is CCO[C@H]1CC[C@H]([N+]2(c3ccncc3)C=CN=C2)CC1. The highest BCUT2D eigenvalue weighted by molar-refractivity contribution is 5.79. The maximum absolute atomic E-state index is 5.76. The molecule has 1 saturated carbocycles. The third-order valence-electron chi connectivity index (χ3n) is 4.42. The highest BCUT2D eigenvalue weighted by atomic mass is 16.5. The Hall–Kier alpha value is -1.52. The molecule has 2 aliphatic rings. The Balaban J connectivity index is 1.80. The Morgan fingerprint density at radius 2 is 1.95 bits per heavy atom. The summed E-state index contributed by atoms with van der Waals surface area (Å²) in [6.07, 6.45) is 15.0. The predicted molar refractivity (Wildman–Crippen MR) is 81.3 cm³/mol. The summed E-state index contributed by atoms with van der Waals surface area (Å²) in [5.74, 6) is 0. The van der Waals surface area contributed by atoms with Crippen molar-refractivity contribution in [2.75, 3.05) is 6.61 Å². The van der Waals surface area contributed by atoms with Crippen LogP contribution in [0.1, 0.15) is 32.6 Å². The van der Waals surface area contributed by atoms with Crippen molar-refractivity contribution in [1.29, 1.82) is 0 Å². The number of quaternary nitrogens is 1. The van der Waals surface area contributed by atoms with E-state index in [0.29, 0.717) is 12.1 Å². The van der Waals surface area contributed by atoms with E-state index in [-0.39, 0.29) is 0 Å². The van der Waals surface area contributed by atoms with Gasteiger partial charge in [0.2, 0.25) is 0 Å². The first-order valence-corrected chi connectivity index (χ1v) is 7.47. The number of nitrogens with zero attached hydrogens (tertiary/aromatic N) is 3. The zero-order chi connectivity index (χ0) is 13.8. The Morgan fingerprint density at radius 3 is 2.55 bits per heavy atom. The van der Waals surface area contributed by atoms with Gasteiger partial charge in [-0.15, -0.1) is 0 Å². The molecule has 0 saturated heterocycles. The molecule has 0 bridgehead atoms. The van der Waals surface area contributed by atoms with Gasteiger partial charge in [0.15, 0.2) is 6.34 Å². The molecule has 4 nitrogen and oxygen atoms in total. The summed E-state index contributed by atoms with van der Waals surface area (Å²) >= 11 is 0. The van der Waals surface area contributed by atoms with Gasteiger partial charge in [0.1, 0.15) is 17.9 Å². The van der Waals surface area contributed by atoms with Gasteiger partial charge in [0.05, 0.1) is 12.3 Å². The molecule has 0 N–H and O–H groups in total. The summed E-state index contributed by atoms with van der Waals surface area (Å²) in [7, 11) is 0. The number of aliphatic imine (C=N–C) groups is 1. The van der Waals surface area contributed by atoms with E-state index >= 15 is 0 Å². The third kappa shape index (κ3) is 2.41. The zero-order valence-corrected chi connectivity index (χ0v) is 12.0. The van der Waals surface area contributed by atoms with Gasteiger partial charge in [-0.25, -0.2) is 9.48 Å². The minimum atomic E-state index is 0.442. The van der Waals surface area contributed by atoms with Crippen LogP contribution in [-0.2, 0) is 4.74 Å². The Labute approximate surface area is 120 Å². The van der Waals surface area contributed by atoms with Crippen LogP contribution in [-0.4, -0.2) is 30.1 Å². The maximum atomic E-state index is 5.76. The molecule has 1 aliphatic heterocycles. The van der Waals surface area contributed by atoms with Crippen LogP contribution >= 0.6 is 0 Å². The van der Waals surface area contributed by atoms with Crippen molar-refractivity contribution in [3.63, 3.8) is 0 Å². The number of aromatic nitrogens is 1. The standard InChI is InChI=1S/C16H22N3O/c1-2-20-16-5-3-14(4-6-16)19(12-11-18-13-19)15-7-9-17-10-8-15/h7-14,16H,2-6H2,1H3/q+1/t14-,16-,19?. The van der Waals surface area contributed by atoms with Crippen molar-refractivity contribution >= 4 is 12.0 Å². The maximum Gasteiger partial charge on any atom is 0.200 e. The van der Waals surface area contributed by atoms with Crippen molar-refractivity contribution in [3.05, 3.63) is 36.9 Å². The molecular formula is C16H22N3O+. The highest BCUT2D eigenvalue weighted by Gasteiger charge is 2.40. The van der Waals surface area contributed by atoms with Gasteiger partial charge >= 0.3 is 0 Å². The van der Waals surface area contributed by atoms with Crippen LogP contribution in [0, 0.1) is 0 Å². The van der Waals surface area contributed by atoms with E-state index in [1.165, 1.54) is 18.5 Å². The molecule has 1 aliphatic carbocycles. The van der Waals surface area contributed by atoms with Gasteiger partial charge in [-0.1, -0.05) is 0 Å². The number of ether oxygens (including phenoxy) is 1. The van der Waals surface area contributed by atoms with E-state index in [4.69, 9.17) is 4.74 Å². The fraction of sp³-hybridized carbons (Fsp3) is 0.500. The van der Waals surface area contributed by atoms with Crippen molar-refractivity contribution in [2.24, 2.45) is 4.99 Å². The van der Waals surface area contributed by atoms with Crippen LogP contribution in [0.25, 0.3) is 0 Å². The van der Waals surface area contributed by atoms with E-state index in [2.05, 4.69) is 41.6 Å². The molecule has 4 heteroatoms. The normalized spacial score (nSPS) is 32.6. The molecule has 20 heavy (non-hydrogen) atoms. The predicted octanol–water partition coefficient (Wildman–Crippen LogP) is 3.25. The molecule has 106 valence electrons. The summed E-state index contributed by atoms with van der Waals surface area (Å²) in [6.45, 7) is 2.90. The van der Waals surface area contributed by atoms with Crippen LogP contribution in [0.4, 0.5) is 5.69 Å². The number of rotatable bonds is 4. The lowest BCUT2D eigenvalue weighted by atomic mass is 9.90. The van der Waals surface area contributed by atoms with Crippen LogP contribution in [0.2, 0.25) is 0 Å². The van der Waals surface area contributed by atoms with Gasteiger partial charge < -0.3 is 4.74 Å². The van der Waals surface area contributed by atoms with Crippen LogP contribution in [0.5, 0.6) is 0 Å². The van der Waals surface area contributed by atoms with E-state index in [1.54, 1.807) is 0 Å². The molecule has 2 heterocycles. The summed E-state index contributed by atoms with van der Waals surface area (Å²) in [5, 5.41) is 0. The second-order valence-electron chi connectivity index (χ2n) is 5.49. The van der Waals surface area contributed by atoms with E-state index in [0.717, 1.165) is 23.9 Å². The van der Waals surface area contributed by atoms with Crippen LogP contribution in [0.15, 0.2) is 41.9 Å². The molecular weight excluding hydrogens is 250 g/mol. The first-order chi connectivity index (χ1) is 9.85. The minimum absolute atomic E-state index is 0.442. The van der Waals surface area contributed by atoms with Crippen molar-refractivity contribution in [3.8, 4) is 0 Å². The first kappa shape index (κ1) is 13.5. The topological polar surface area (TPSA) is 34.5 Å². The monoisotopic (exact) mass is 272 g/mol. The fourth-order valence-corrected chi connectivity index (χ4v) is 3.39. The molecule has 0 spiro atoms. The lowest BCUT2D eigenvalue weighted by molar-refractivity contribution is 0.0262. The van der Waals surface area contributed by atoms with Crippen LogP contribution < -0.4 is 4.48 Å². The fourth-order valence-electron chi connectivity index (χ4n) is 3.39. The number of pyridine rings is 1. The van der Waals surface area contributed by atoms with Gasteiger partial charge in [0, 0.05) is 44.0 Å². The van der Waals surface area contributed by atoms with Crippen molar-refractivity contribution < 1.29 is 4.74 Å². The second kappa shape index (κ2) is 5.85. The molecule has 0 aromatic carbocycles. The quantitative estimate of drug-likeness (QED) is 0.789. The third-order valence-corrected chi connectivity index (χ3v) is 4.42. The number of hydrogen-bond donors (Lipinski definition) is 0. The molecule has 1 aromatic rings. The average molecular weight is 272 g/mol. The molecule has 0 radical (unpaired) electrons. The lowest BCUT2D eigenvalue weighted by Gasteiger charge is -2.39. The smallest absolute Gasteiger partial charge is 0.200 e. The van der Waals surface area contributed by atoms with Gasteiger partial charge in [0.25, 0.3) is 0 Å². The molecule has 3 rings (SSSR count). The number of hydrogen-bond acceptors (Lipinski definition) is 3. The van der Waals surface area contributed by atoms with Crippen molar-refractivity contribution in [2.45, 2.75) is 44.8 Å². The summed E-state index contributed by atoms with van der Waals surface area (Å²) < 4.78 is 6.50. The average Bonchev–Trinajstić information content (AvgIpc) is 3.00. The Kier molecular flexibility index (Phi) is 3.94. The summed E-state index contributed by atoms with van der Waals surface area (Å²) in [4.78, 5) is 8.49. The van der Waals surface area contributed by atoms with E-state index in [9.17, 15) is 0 Å². The molecule has 1 fully saturated rings. The molecule has 1 aromatic heterocycles. The van der Waals surface area contributed by atoms with Gasteiger partial charge in [-0.05, 0) is 19.8 Å². The zero-order valence-electron chi connectivity index (χ0n) is 12.0.